The number of halogens is 1. The molecule has 8 heteroatoms. The van der Waals surface area contributed by atoms with Crippen LogP contribution in [0.2, 0.25) is 5.02 Å². The quantitative estimate of drug-likeness (QED) is 0.432. The minimum absolute atomic E-state index is 0.0552. The molecule has 0 spiro atoms. The molecule has 1 aliphatic rings. The third kappa shape index (κ3) is 2.53. The smallest absolute Gasteiger partial charge is 0.296 e. The van der Waals surface area contributed by atoms with E-state index in [9.17, 15) is 14.8 Å². The van der Waals surface area contributed by atoms with Crippen molar-refractivity contribution in [1.29, 1.82) is 0 Å². The Balaban J connectivity index is 2.49. The summed E-state index contributed by atoms with van der Waals surface area (Å²) in [6.07, 6.45) is 1.42. The van der Waals surface area contributed by atoms with Crippen LogP contribution in [0.1, 0.15) is 5.56 Å². The third-order valence-corrected chi connectivity index (χ3v) is 3.52. The van der Waals surface area contributed by atoms with Crippen molar-refractivity contribution in [3.63, 3.8) is 0 Å². The number of benzene rings is 1. The lowest BCUT2D eigenvalue weighted by Crippen LogP contribution is -2.55. The van der Waals surface area contributed by atoms with E-state index in [0.717, 1.165) is 11.8 Å². The number of hydrogen-bond acceptors (Lipinski definition) is 5. The molecule has 1 heterocycles. The van der Waals surface area contributed by atoms with Crippen molar-refractivity contribution in [3.8, 4) is 5.75 Å². The summed E-state index contributed by atoms with van der Waals surface area (Å²) in [7, 11) is 0. The number of thioether (sulfide) groups is 1. The highest BCUT2D eigenvalue weighted by Crippen LogP contribution is 2.33. The van der Waals surface area contributed by atoms with Crippen LogP contribution in [0.25, 0.3) is 6.08 Å². The van der Waals surface area contributed by atoms with Crippen LogP contribution < -0.4 is 10.5 Å². The predicted octanol–water partition coefficient (Wildman–Crippen LogP) is 1.01. The fourth-order valence-corrected chi connectivity index (χ4v) is 2.63. The lowest BCUT2D eigenvalue weighted by Gasteiger charge is -2.00. The average Bonchev–Trinajstić information content (AvgIpc) is 2.62. The zero-order valence-corrected chi connectivity index (χ0v) is 11.1. The number of thiocarbonyl (C=S) groups is 1. The van der Waals surface area contributed by atoms with Crippen molar-refractivity contribution >= 4 is 57.6 Å². The van der Waals surface area contributed by atoms with Crippen molar-refractivity contribution in [2.24, 2.45) is 0 Å². The number of aromatic hydroxyl groups is 1. The SMILES string of the molecule is O=[NH+]c1cc(Cl)cc(/C=C2\SC(=S)NC2=O)c1O. The molecule has 3 N–H and O–H groups in total. The number of amides is 1. The number of nitroso groups, excluding NO2 is 1. The highest BCUT2D eigenvalue weighted by atomic mass is 35.5. The van der Waals surface area contributed by atoms with Gasteiger partial charge in [0, 0.05) is 26.7 Å². The average molecular weight is 302 g/mol. The first-order valence-electron chi connectivity index (χ1n) is 4.67. The van der Waals surface area contributed by atoms with Crippen LogP contribution in [-0.4, -0.2) is 15.3 Å². The Morgan fingerprint density at radius 1 is 1.50 bits per heavy atom. The number of phenols is 1. The molecule has 0 atom stereocenters. The van der Waals surface area contributed by atoms with Gasteiger partial charge in [-0.25, -0.2) is 0 Å². The Labute approximate surface area is 116 Å². The Morgan fingerprint density at radius 2 is 2.22 bits per heavy atom. The number of rotatable bonds is 2. The van der Waals surface area contributed by atoms with E-state index >= 15 is 0 Å². The fourth-order valence-electron chi connectivity index (χ4n) is 1.37. The molecule has 1 aliphatic heterocycles. The van der Waals surface area contributed by atoms with Gasteiger partial charge in [-0.1, -0.05) is 35.6 Å². The van der Waals surface area contributed by atoms with E-state index in [1.165, 1.54) is 18.2 Å². The van der Waals surface area contributed by atoms with E-state index in [2.05, 4.69) is 5.32 Å². The fraction of sp³-hybridized carbons (Fsp3) is 0. The second-order valence-electron chi connectivity index (χ2n) is 3.35. The van der Waals surface area contributed by atoms with E-state index in [-0.39, 0.29) is 27.9 Å². The van der Waals surface area contributed by atoms with Crippen molar-refractivity contribution in [2.75, 3.05) is 0 Å². The number of carbonyl (C=O) groups is 1. The highest BCUT2D eigenvalue weighted by molar-refractivity contribution is 8.26. The lowest BCUT2D eigenvalue weighted by molar-refractivity contribution is -0.380. The summed E-state index contributed by atoms with van der Waals surface area (Å²) in [5, 5.41) is 14.1. The normalized spacial score (nSPS) is 17.1. The third-order valence-electron chi connectivity index (χ3n) is 2.14. The first-order valence-corrected chi connectivity index (χ1v) is 6.27. The summed E-state index contributed by atoms with van der Waals surface area (Å²) >= 11 is 11.7. The van der Waals surface area contributed by atoms with Crippen molar-refractivity contribution in [2.45, 2.75) is 0 Å². The molecule has 0 unspecified atom stereocenters. The van der Waals surface area contributed by atoms with Gasteiger partial charge >= 0.3 is 0 Å². The molecule has 1 fully saturated rings. The molecule has 1 aromatic rings. The van der Waals surface area contributed by atoms with Gasteiger partial charge in [0.25, 0.3) is 11.6 Å². The highest BCUT2D eigenvalue weighted by Gasteiger charge is 2.23. The topological polar surface area (TPSA) is 80.4 Å². The maximum Gasteiger partial charge on any atom is 0.296 e. The summed E-state index contributed by atoms with van der Waals surface area (Å²) in [5.41, 5.74) is 0.212. The van der Waals surface area contributed by atoms with E-state index in [4.69, 9.17) is 23.8 Å². The summed E-state index contributed by atoms with van der Waals surface area (Å²) in [5.74, 6) is -0.617. The van der Waals surface area contributed by atoms with Gasteiger partial charge in [0.1, 0.15) is 4.32 Å². The minimum Gasteiger partial charge on any atom is -0.502 e. The molecule has 2 rings (SSSR count). The molecule has 0 radical (unpaired) electrons. The van der Waals surface area contributed by atoms with Gasteiger partial charge in [-0.15, -0.1) is 0 Å². The molecular formula is C10H6ClN2O3S2+. The first-order chi connectivity index (χ1) is 8.51. The van der Waals surface area contributed by atoms with Crippen LogP contribution in [0.5, 0.6) is 5.75 Å². The van der Waals surface area contributed by atoms with Crippen LogP contribution in [-0.2, 0) is 4.79 Å². The largest absolute Gasteiger partial charge is 0.502 e. The summed E-state index contributed by atoms with van der Waals surface area (Å²) < 4.78 is 0.343. The van der Waals surface area contributed by atoms with Crippen LogP contribution in [0, 0.1) is 4.91 Å². The van der Waals surface area contributed by atoms with Gasteiger partial charge in [-0.3, -0.25) is 4.79 Å². The van der Waals surface area contributed by atoms with Crippen LogP contribution >= 0.6 is 35.6 Å². The summed E-state index contributed by atoms with van der Waals surface area (Å²) in [6, 6.07) is 2.73. The lowest BCUT2D eigenvalue weighted by atomic mass is 10.1. The molecule has 0 aromatic heterocycles. The Morgan fingerprint density at radius 3 is 2.78 bits per heavy atom. The van der Waals surface area contributed by atoms with Crippen molar-refractivity contribution in [3.05, 3.63) is 32.5 Å². The van der Waals surface area contributed by atoms with Crippen LogP contribution in [0.15, 0.2) is 17.0 Å². The molecular weight excluding hydrogens is 296 g/mol. The first kappa shape index (κ1) is 13.0. The summed E-state index contributed by atoms with van der Waals surface area (Å²) in [4.78, 5) is 22.4. The van der Waals surface area contributed by atoms with E-state index in [1.807, 2.05) is 0 Å². The van der Waals surface area contributed by atoms with Crippen molar-refractivity contribution in [1.82, 2.24) is 5.32 Å². The van der Waals surface area contributed by atoms with Gasteiger partial charge in [0.15, 0.2) is 5.75 Å². The van der Waals surface area contributed by atoms with Crippen molar-refractivity contribution < 1.29 is 15.1 Å². The van der Waals surface area contributed by atoms with E-state index in [1.54, 1.807) is 5.18 Å². The second-order valence-corrected chi connectivity index (χ2v) is 5.50. The summed E-state index contributed by atoms with van der Waals surface area (Å²) in [6.45, 7) is 0. The molecule has 0 bridgehead atoms. The Kier molecular flexibility index (Phi) is 3.65. The number of carbonyl (C=O) groups excluding carboxylic acids is 1. The molecule has 0 saturated carbocycles. The molecule has 1 aromatic carbocycles. The molecule has 0 aliphatic carbocycles. The van der Waals surface area contributed by atoms with Crippen LogP contribution in [0.4, 0.5) is 5.69 Å². The van der Waals surface area contributed by atoms with E-state index in [0.29, 0.717) is 9.23 Å². The molecule has 1 amide bonds. The number of hydrogen-bond donors (Lipinski definition) is 3. The van der Waals surface area contributed by atoms with Gasteiger partial charge in [-0.05, 0) is 12.1 Å². The van der Waals surface area contributed by atoms with Gasteiger partial charge in [0.05, 0.1) is 4.91 Å². The van der Waals surface area contributed by atoms with Gasteiger partial charge < -0.3 is 10.4 Å². The zero-order valence-electron chi connectivity index (χ0n) is 8.69. The number of nitrogens with one attached hydrogen (secondary N) is 2. The molecule has 1 saturated heterocycles. The monoisotopic (exact) mass is 301 g/mol. The second kappa shape index (κ2) is 5.05. The van der Waals surface area contributed by atoms with Gasteiger partial charge in [0.2, 0.25) is 0 Å². The predicted molar refractivity (Wildman–Crippen MR) is 73.4 cm³/mol. The maximum atomic E-state index is 11.5. The van der Waals surface area contributed by atoms with E-state index < -0.39 is 0 Å². The van der Waals surface area contributed by atoms with Crippen LogP contribution in [0.3, 0.4) is 0 Å². The minimum atomic E-state index is -0.346. The Hall–Kier alpha value is -1.44. The molecule has 92 valence electrons. The molecule has 5 nitrogen and oxygen atoms in total. The van der Waals surface area contributed by atoms with Gasteiger partial charge in [-0.2, -0.15) is 0 Å². The standard InChI is InChI=1S/C10H5ClN2O3S2/c11-5-1-4(8(14)6(3-5)13-16)2-7-9(15)12-10(17)18-7/h1-3,14H,(H,12,15,17)/p+1/b7-2-. The Bertz CT molecular complexity index is 601. The zero-order chi connectivity index (χ0) is 13.3. The molecule has 18 heavy (non-hydrogen) atoms. The maximum absolute atomic E-state index is 11.5. The number of phenolic OH excluding ortho intramolecular Hbond substituents is 1.